The van der Waals surface area contributed by atoms with E-state index < -0.39 is 11.7 Å². The quantitative estimate of drug-likeness (QED) is 0.536. The van der Waals surface area contributed by atoms with Crippen molar-refractivity contribution < 1.29 is 18.0 Å². The topological polar surface area (TPSA) is 54.9 Å². The number of anilines is 1. The first-order valence-electron chi connectivity index (χ1n) is 7.51. The summed E-state index contributed by atoms with van der Waals surface area (Å²) in [7, 11) is 0. The van der Waals surface area contributed by atoms with Crippen molar-refractivity contribution in [1.29, 1.82) is 0 Å². The lowest BCUT2D eigenvalue weighted by Gasteiger charge is -2.08. The van der Waals surface area contributed by atoms with E-state index in [1.807, 2.05) is 6.07 Å². The summed E-state index contributed by atoms with van der Waals surface area (Å²) in [5.74, 6) is 0.184. The molecule has 0 atom stereocenters. The highest BCUT2D eigenvalue weighted by Gasteiger charge is 2.29. The summed E-state index contributed by atoms with van der Waals surface area (Å²) in [5.41, 5.74) is 0.231. The molecule has 1 aromatic heterocycles. The zero-order valence-electron chi connectivity index (χ0n) is 13.5. The summed E-state index contributed by atoms with van der Waals surface area (Å²) < 4.78 is 42.4. The predicted molar refractivity (Wildman–Crippen MR) is 101 cm³/mol. The van der Waals surface area contributed by atoms with Crippen LogP contribution in [0.15, 0.2) is 52.9 Å². The Bertz CT molecular complexity index is 945. The molecule has 2 aromatic carbocycles. The van der Waals surface area contributed by atoms with Crippen LogP contribution in [0.5, 0.6) is 0 Å². The Morgan fingerprint density at radius 2 is 1.85 bits per heavy atom. The molecule has 0 aliphatic rings. The van der Waals surface area contributed by atoms with Gasteiger partial charge in [0.25, 0.3) is 0 Å². The van der Waals surface area contributed by atoms with Crippen LogP contribution in [0.1, 0.15) is 5.56 Å². The summed E-state index contributed by atoms with van der Waals surface area (Å²) in [4.78, 5) is 16.3. The summed E-state index contributed by atoms with van der Waals surface area (Å²) in [6.07, 6.45) is -4.41. The fourth-order valence-corrected chi connectivity index (χ4v) is 3.72. The third-order valence-corrected chi connectivity index (χ3v) is 5.51. The Morgan fingerprint density at radius 3 is 2.52 bits per heavy atom. The standard InChI is InChI=1S/C17H11ClF3N3OS2/c18-13-4-2-1-3-12(13)15-23-16(27-24-15)26-9-14(25)22-11-7-5-10(6-8-11)17(19,20)21/h1-8H,9H2,(H,22,25). The normalized spacial score (nSPS) is 11.4. The molecule has 0 fully saturated rings. The lowest BCUT2D eigenvalue weighted by atomic mass is 10.2. The Morgan fingerprint density at radius 1 is 1.15 bits per heavy atom. The van der Waals surface area contributed by atoms with Gasteiger partial charge in [-0.3, -0.25) is 4.79 Å². The van der Waals surface area contributed by atoms with E-state index in [9.17, 15) is 18.0 Å². The minimum Gasteiger partial charge on any atom is -0.325 e. The summed E-state index contributed by atoms with van der Waals surface area (Å²) >= 11 is 8.44. The van der Waals surface area contributed by atoms with E-state index in [-0.39, 0.29) is 11.7 Å². The zero-order chi connectivity index (χ0) is 19.4. The van der Waals surface area contributed by atoms with Crippen LogP contribution in [0, 0.1) is 0 Å². The molecule has 1 amide bonds. The molecule has 3 rings (SSSR count). The van der Waals surface area contributed by atoms with Gasteiger partial charge in [0.05, 0.1) is 16.3 Å². The van der Waals surface area contributed by atoms with E-state index in [0.717, 1.165) is 23.7 Å². The maximum absolute atomic E-state index is 12.5. The molecular formula is C17H11ClF3N3OS2. The van der Waals surface area contributed by atoms with E-state index in [4.69, 9.17) is 11.6 Å². The van der Waals surface area contributed by atoms with Crippen molar-refractivity contribution in [1.82, 2.24) is 9.36 Å². The van der Waals surface area contributed by atoms with Gasteiger partial charge in [0.15, 0.2) is 10.2 Å². The SMILES string of the molecule is O=C(CSc1nc(-c2ccccc2Cl)ns1)Nc1ccc(C(F)(F)F)cc1. The maximum atomic E-state index is 12.5. The Kier molecular flexibility index (Phi) is 6.03. The number of benzene rings is 2. The maximum Gasteiger partial charge on any atom is 0.416 e. The molecule has 0 bridgehead atoms. The number of alkyl halides is 3. The van der Waals surface area contributed by atoms with Crippen LogP contribution in [-0.4, -0.2) is 21.0 Å². The second-order valence-corrected chi connectivity index (χ2v) is 7.66. The van der Waals surface area contributed by atoms with Gasteiger partial charge in [-0.1, -0.05) is 35.5 Å². The van der Waals surface area contributed by atoms with E-state index in [1.54, 1.807) is 18.2 Å². The molecule has 1 heterocycles. The van der Waals surface area contributed by atoms with Gasteiger partial charge in [0.1, 0.15) is 0 Å². The van der Waals surface area contributed by atoms with Crippen molar-refractivity contribution >= 4 is 46.5 Å². The molecule has 27 heavy (non-hydrogen) atoms. The first kappa shape index (κ1) is 19.7. The van der Waals surface area contributed by atoms with Crippen LogP contribution in [0.4, 0.5) is 18.9 Å². The molecule has 0 radical (unpaired) electrons. The highest BCUT2D eigenvalue weighted by Crippen LogP contribution is 2.31. The second kappa shape index (κ2) is 8.28. The lowest BCUT2D eigenvalue weighted by molar-refractivity contribution is -0.137. The van der Waals surface area contributed by atoms with Crippen molar-refractivity contribution in [2.45, 2.75) is 10.5 Å². The second-order valence-electron chi connectivity index (χ2n) is 5.28. The number of thioether (sulfide) groups is 1. The summed E-state index contributed by atoms with van der Waals surface area (Å²) in [5, 5.41) is 3.08. The molecule has 0 spiro atoms. The number of halogens is 4. The van der Waals surface area contributed by atoms with Gasteiger partial charge >= 0.3 is 6.18 Å². The molecule has 0 saturated carbocycles. The van der Waals surface area contributed by atoms with Crippen molar-refractivity contribution in [2.75, 3.05) is 11.1 Å². The van der Waals surface area contributed by atoms with Crippen LogP contribution in [0.2, 0.25) is 5.02 Å². The summed E-state index contributed by atoms with van der Waals surface area (Å²) in [6.45, 7) is 0. The molecule has 0 aliphatic heterocycles. The van der Waals surface area contributed by atoms with Crippen LogP contribution in [-0.2, 0) is 11.0 Å². The number of hydrogen-bond donors (Lipinski definition) is 1. The van der Waals surface area contributed by atoms with Gasteiger partial charge in [-0.05, 0) is 47.9 Å². The fraction of sp³-hybridized carbons (Fsp3) is 0.118. The average Bonchev–Trinajstić information content (AvgIpc) is 3.09. The third-order valence-electron chi connectivity index (χ3n) is 3.34. The summed E-state index contributed by atoms with van der Waals surface area (Å²) in [6, 6.07) is 11.4. The Labute approximate surface area is 165 Å². The monoisotopic (exact) mass is 429 g/mol. The molecule has 4 nitrogen and oxygen atoms in total. The van der Waals surface area contributed by atoms with E-state index in [1.165, 1.54) is 23.9 Å². The molecule has 0 saturated heterocycles. The molecule has 140 valence electrons. The predicted octanol–water partition coefficient (Wildman–Crippen LogP) is 5.61. The van der Waals surface area contributed by atoms with Crippen molar-refractivity contribution in [2.24, 2.45) is 0 Å². The lowest BCUT2D eigenvalue weighted by Crippen LogP contribution is -2.14. The average molecular weight is 430 g/mol. The number of hydrogen-bond acceptors (Lipinski definition) is 5. The number of rotatable bonds is 5. The Balaban J connectivity index is 1.56. The highest BCUT2D eigenvalue weighted by atomic mass is 35.5. The van der Waals surface area contributed by atoms with Gasteiger partial charge in [-0.2, -0.15) is 17.5 Å². The van der Waals surface area contributed by atoms with Gasteiger partial charge in [-0.25, -0.2) is 4.98 Å². The minimum atomic E-state index is -4.41. The van der Waals surface area contributed by atoms with E-state index in [0.29, 0.717) is 26.4 Å². The van der Waals surface area contributed by atoms with Crippen LogP contribution in [0.3, 0.4) is 0 Å². The molecule has 0 aliphatic carbocycles. The first-order valence-corrected chi connectivity index (χ1v) is 9.65. The first-order chi connectivity index (χ1) is 12.8. The molecular weight excluding hydrogens is 419 g/mol. The van der Waals surface area contributed by atoms with E-state index >= 15 is 0 Å². The van der Waals surface area contributed by atoms with Crippen LogP contribution >= 0.6 is 34.9 Å². The minimum absolute atomic E-state index is 0.0537. The number of aromatic nitrogens is 2. The number of nitrogens with one attached hydrogen (secondary N) is 1. The number of nitrogens with zero attached hydrogens (tertiary/aromatic N) is 2. The fourth-order valence-electron chi connectivity index (χ4n) is 2.09. The number of carbonyl (C=O) groups excluding carboxylic acids is 1. The van der Waals surface area contributed by atoms with Crippen molar-refractivity contribution in [3.63, 3.8) is 0 Å². The Hall–Kier alpha value is -2.10. The molecule has 10 heteroatoms. The third kappa shape index (κ3) is 5.21. The highest BCUT2D eigenvalue weighted by molar-refractivity contribution is 8.01. The van der Waals surface area contributed by atoms with Crippen LogP contribution in [0.25, 0.3) is 11.4 Å². The van der Waals surface area contributed by atoms with Gasteiger partial charge in [0.2, 0.25) is 5.91 Å². The zero-order valence-corrected chi connectivity index (χ0v) is 15.8. The van der Waals surface area contributed by atoms with Gasteiger partial charge in [0, 0.05) is 11.3 Å². The smallest absolute Gasteiger partial charge is 0.325 e. The van der Waals surface area contributed by atoms with Gasteiger partial charge in [-0.15, -0.1) is 0 Å². The van der Waals surface area contributed by atoms with E-state index in [2.05, 4.69) is 14.7 Å². The van der Waals surface area contributed by atoms with Crippen molar-refractivity contribution in [3.05, 3.63) is 59.1 Å². The van der Waals surface area contributed by atoms with Gasteiger partial charge < -0.3 is 5.32 Å². The number of amides is 1. The molecule has 0 unspecified atom stereocenters. The van der Waals surface area contributed by atoms with Crippen molar-refractivity contribution in [3.8, 4) is 11.4 Å². The van der Waals surface area contributed by atoms with Crippen LogP contribution < -0.4 is 5.32 Å². The molecule has 1 N–H and O–H groups in total. The number of carbonyl (C=O) groups is 1. The largest absolute Gasteiger partial charge is 0.416 e. The molecule has 3 aromatic rings.